The smallest absolute Gasteiger partial charge is 0.407 e. The lowest BCUT2D eigenvalue weighted by Crippen LogP contribution is -2.24. The van der Waals surface area contributed by atoms with Gasteiger partial charge in [-0.1, -0.05) is 6.07 Å². The van der Waals surface area contributed by atoms with Gasteiger partial charge in [-0.25, -0.2) is 9.78 Å². The minimum Gasteiger partial charge on any atom is -0.493 e. The molecule has 1 amide bonds. The second-order valence-corrected chi connectivity index (χ2v) is 6.71. The number of nitrogens with two attached hydrogens (primary N) is 1. The van der Waals surface area contributed by atoms with E-state index >= 15 is 0 Å². The maximum absolute atomic E-state index is 11.9. The number of benzene rings is 1. The molecule has 0 aliphatic heterocycles. The fraction of sp³-hybridized carbons (Fsp3) is 0.368. The number of nitrogen functional groups attached to an aromatic ring is 1. The Morgan fingerprint density at radius 3 is 2.77 bits per heavy atom. The number of carbonyl (C=O) groups is 1. The number of amides is 1. The molecule has 0 aliphatic carbocycles. The number of nitrogens with zero attached hydrogens (tertiary/aromatic N) is 4. The van der Waals surface area contributed by atoms with E-state index in [1.54, 1.807) is 32.7 Å². The predicted molar refractivity (Wildman–Crippen MR) is 112 cm³/mol. The molecule has 0 aliphatic rings. The van der Waals surface area contributed by atoms with Gasteiger partial charge in [-0.15, -0.1) is 0 Å². The zero-order valence-electron chi connectivity index (χ0n) is 16.7. The van der Waals surface area contributed by atoms with E-state index in [9.17, 15) is 4.79 Å². The fourth-order valence-corrected chi connectivity index (χ4v) is 3.04. The Hall–Kier alpha value is -3.27. The molecule has 0 atom stereocenters. The molecule has 160 valence electrons. The van der Waals surface area contributed by atoms with Crippen molar-refractivity contribution in [2.24, 2.45) is 0 Å². The topological polar surface area (TPSA) is 126 Å². The van der Waals surface area contributed by atoms with E-state index in [0.29, 0.717) is 48.8 Å². The molecule has 11 heteroatoms. The Labute approximate surface area is 178 Å². The Morgan fingerprint density at radius 1 is 1.20 bits per heavy atom. The van der Waals surface area contributed by atoms with Gasteiger partial charge in [-0.2, -0.15) is 9.97 Å². The van der Waals surface area contributed by atoms with Gasteiger partial charge >= 0.3 is 6.09 Å². The van der Waals surface area contributed by atoms with E-state index in [-0.39, 0.29) is 11.1 Å². The summed E-state index contributed by atoms with van der Waals surface area (Å²) in [6, 6.07) is 5.43. The van der Waals surface area contributed by atoms with Crippen molar-refractivity contribution in [3.63, 3.8) is 0 Å². The molecule has 30 heavy (non-hydrogen) atoms. The Morgan fingerprint density at radius 2 is 2.00 bits per heavy atom. The number of halogens is 1. The minimum absolute atomic E-state index is 0.0798. The fourth-order valence-electron chi connectivity index (χ4n) is 2.87. The second-order valence-electron chi connectivity index (χ2n) is 6.37. The van der Waals surface area contributed by atoms with Crippen LogP contribution in [0, 0.1) is 0 Å². The van der Waals surface area contributed by atoms with Crippen molar-refractivity contribution in [3.05, 3.63) is 35.4 Å². The number of rotatable bonds is 9. The number of fused-ring (bicyclic) bond motifs is 1. The lowest BCUT2D eigenvalue weighted by Gasteiger charge is -2.11. The number of alkyl carbamates (subject to hydrolysis) is 1. The number of aromatic nitrogens is 4. The summed E-state index contributed by atoms with van der Waals surface area (Å²) >= 11 is 5.86. The number of ether oxygens (including phenoxy) is 3. The summed E-state index contributed by atoms with van der Waals surface area (Å²) in [7, 11) is 3.13. The summed E-state index contributed by atoms with van der Waals surface area (Å²) in [5, 5.41) is 2.79. The van der Waals surface area contributed by atoms with Crippen LogP contribution in [0.4, 0.5) is 10.6 Å². The molecule has 10 nitrogen and oxygen atoms in total. The average molecular weight is 435 g/mol. The molecule has 3 N–H and O–H groups in total. The van der Waals surface area contributed by atoms with Gasteiger partial charge in [-0.05, 0) is 42.1 Å². The van der Waals surface area contributed by atoms with E-state index in [2.05, 4.69) is 20.3 Å². The van der Waals surface area contributed by atoms with Crippen LogP contribution in [0.25, 0.3) is 11.2 Å². The highest BCUT2D eigenvalue weighted by molar-refractivity contribution is 6.28. The van der Waals surface area contributed by atoms with Crippen molar-refractivity contribution in [1.29, 1.82) is 0 Å². The molecule has 1 aromatic carbocycles. The molecule has 0 saturated heterocycles. The van der Waals surface area contributed by atoms with Crippen molar-refractivity contribution in [2.45, 2.75) is 25.9 Å². The Balaban J connectivity index is 1.39. The van der Waals surface area contributed by atoms with Crippen molar-refractivity contribution >= 4 is 34.7 Å². The molecule has 2 heterocycles. The van der Waals surface area contributed by atoms with Crippen LogP contribution in [0.5, 0.6) is 11.5 Å². The van der Waals surface area contributed by atoms with Crippen LogP contribution in [0.2, 0.25) is 5.28 Å². The first-order valence-electron chi connectivity index (χ1n) is 9.27. The SMILES string of the molecule is COc1ccc(CNC(=O)OCCCCn2cnc3c(N)nc(Cl)nc32)cc1OC. The lowest BCUT2D eigenvalue weighted by atomic mass is 10.2. The number of methoxy groups -OCH3 is 2. The van der Waals surface area contributed by atoms with Crippen molar-refractivity contribution in [3.8, 4) is 11.5 Å². The molecular formula is C19H23ClN6O4. The van der Waals surface area contributed by atoms with Crippen molar-refractivity contribution in [2.75, 3.05) is 26.6 Å². The first kappa shape index (κ1) is 21.4. The highest BCUT2D eigenvalue weighted by atomic mass is 35.5. The summed E-state index contributed by atoms with van der Waals surface area (Å²) in [6.45, 7) is 1.25. The third kappa shape index (κ3) is 5.20. The van der Waals surface area contributed by atoms with Crippen LogP contribution in [0.3, 0.4) is 0 Å². The Bertz CT molecular complexity index is 1030. The third-order valence-electron chi connectivity index (χ3n) is 4.37. The quantitative estimate of drug-likeness (QED) is 0.389. The summed E-state index contributed by atoms with van der Waals surface area (Å²) in [6.07, 6.45) is 2.60. The molecule has 0 unspecified atom stereocenters. The van der Waals surface area contributed by atoms with Crippen molar-refractivity contribution < 1.29 is 19.0 Å². The molecule has 0 saturated carbocycles. The van der Waals surface area contributed by atoms with E-state index in [4.69, 9.17) is 31.5 Å². The number of imidazole rings is 1. The van der Waals surface area contributed by atoms with Gasteiger partial charge in [0.1, 0.15) is 5.52 Å². The van der Waals surface area contributed by atoms with Gasteiger partial charge in [0, 0.05) is 13.1 Å². The molecule has 0 bridgehead atoms. The molecule has 0 radical (unpaired) electrons. The molecule has 2 aromatic heterocycles. The maximum atomic E-state index is 11.9. The summed E-state index contributed by atoms with van der Waals surface area (Å²) in [5.74, 6) is 1.48. The van der Waals surface area contributed by atoms with Crippen LogP contribution >= 0.6 is 11.6 Å². The van der Waals surface area contributed by atoms with Crippen LogP contribution in [-0.4, -0.2) is 46.4 Å². The maximum Gasteiger partial charge on any atom is 0.407 e. The van der Waals surface area contributed by atoms with Gasteiger partial charge in [0.15, 0.2) is 23.0 Å². The number of aryl methyl sites for hydroxylation is 1. The normalized spacial score (nSPS) is 10.8. The van der Waals surface area contributed by atoms with Gasteiger partial charge in [0.2, 0.25) is 5.28 Å². The van der Waals surface area contributed by atoms with E-state index < -0.39 is 6.09 Å². The number of nitrogens with one attached hydrogen (secondary N) is 1. The number of hydrogen-bond donors (Lipinski definition) is 2. The number of unbranched alkanes of at least 4 members (excludes halogenated alkanes) is 1. The zero-order chi connectivity index (χ0) is 21.5. The van der Waals surface area contributed by atoms with Gasteiger partial charge in [-0.3, -0.25) is 0 Å². The molecule has 3 rings (SSSR count). The number of carbonyl (C=O) groups excluding carboxylic acids is 1. The predicted octanol–water partition coefficient (Wildman–Crippen LogP) is 2.79. The zero-order valence-corrected chi connectivity index (χ0v) is 17.5. The van der Waals surface area contributed by atoms with Crippen LogP contribution < -0.4 is 20.5 Å². The first-order chi connectivity index (χ1) is 14.5. The average Bonchev–Trinajstić information content (AvgIpc) is 3.14. The molecule has 3 aromatic rings. The molecule has 0 fully saturated rings. The van der Waals surface area contributed by atoms with Crippen LogP contribution in [0.15, 0.2) is 24.5 Å². The van der Waals surface area contributed by atoms with Gasteiger partial charge in [0.25, 0.3) is 0 Å². The van der Waals surface area contributed by atoms with E-state index in [1.165, 1.54) is 0 Å². The largest absolute Gasteiger partial charge is 0.493 e. The number of hydrogen-bond acceptors (Lipinski definition) is 8. The highest BCUT2D eigenvalue weighted by Crippen LogP contribution is 2.27. The standard InChI is InChI=1S/C19H23ClN6O4/c1-28-13-6-5-12(9-14(13)29-2)10-22-19(27)30-8-4-3-7-26-11-23-15-16(21)24-18(20)25-17(15)26/h5-6,9,11H,3-4,7-8,10H2,1-2H3,(H,22,27)(H2,21,24,25). The summed E-state index contributed by atoms with van der Waals surface area (Å²) in [5.41, 5.74) is 7.77. The van der Waals surface area contributed by atoms with E-state index in [0.717, 1.165) is 12.0 Å². The van der Waals surface area contributed by atoms with Crippen molar-refractivity contribution in [1.82, 2.24) is 24.8 Å². The lowest BCUT2D eigenvalue weighted by molar-refractivity contribution is 0.143. The van der Waals surface area contributed by atoms with Gasteiger partial charge < -0.3 is 29.8 Å². The monoisotopic (exact) mass is 434 g/mol. The summed E-state index contributed by atoms with van der Waals surface area (Å²) in [4.78, 5) is 24.1. The molecule has 0 spiro atoms. The van der Waals surface area contributed by atoms with Crippen LogP contribution in [0.1, 0.15) is 18.4 Å². The molecular weight excluding hydrogens is 412 g/mol. The number of anilines is 1. The summed E-state index contributed by atoms with van der Waals surface area (Å²) < 4.78 is 17.5. The third-order valence-corrected chi connectivity index (χ3v) is 4.54. The minimum atomic E-state index is -0.481. The van der Waals surface area contributed by atoms with Crippen LogP contribution in [-0.2, 0) is 17.8 Å². The highest BCUT2D eigenvalue weighted by Gasteiger charge is 2.10. The van der Waals surface area contributed by atoms with Gasteiger partial charge in [0.05, 0.1) is 27.2 Å². The first-order valence-corrected chi connectivity index (χ1v) is 9.65. The Kier molecular flexibility index (Phi) is 7.12. The second kappa shape index (κ2) is 9.97. The van der Waals surface area contributed by atoms with E-state index in [1.807, 2.05) is 10.6 Å².